The van der Waals surface area contributed by atoms with Gasteiger partial charge in [0, 0.05) is 20.2 Å². The van der Waals surface area contributed by atoms with Crippen molar-refractivity contribution in [1.82, 2.24) is 0 Å². The molecule has 0 aliphatic carbocycles. The lowest BCUT2D eigenvalue weighted by Crippen LogP contribution is -2.41. The molecule has 0 amide bonds. The first-order valence-electron chi connectivity index (χ1n) is 13.9. The Morgan fingerprint density at radius 1 is 0.500 bits per heavy atom. The molecule has 2 nitrogen and oxygen atoms in total. The third kappa shape index (κ3) is 4.19. The minimum Gasteiger partial charge on any atom is -0.399 e. The molecule has 0 N–H and O–H groups in total. The van der Waals surface area contributed by atoms with E-state index in [1.165, 1.54) is 53.6 Å². The van der Waals surface area contributed by atoms with E-state index >= 15 is 0 Å². The van der Waals surface area contributed by atoms with Gasteiger partial charge in [0.05, 0.1) is 11.2 Å². The molecule has 0 atom stereocenters. The zero-order chi connectivity index (χ0) is 27.5. The van der Waals surface area contributed by atoms with Crippen LogP contribution in [0.25, 0.3) is 53.6 Å². The lowest BCUT2D eigenvalue weighted by Gasteiger charge is -2.32. The number of thiophene rings is 1. The Bertz CT molecular complexity index is 1850. The van der Waals surface area contributed by atoms with Crippen molar-refractivity contribution in [3.05, 3.63) is 115 Å². The van der Waals surface area contributed by atoms with Crippen molar-refractivity contribution in [3.63, 3.8) is 0 Å². The smallest absolute Gasteiger partial charge is 0.399 e. The second-order valence-corrected chi connectivity index (χ2v) is 12.6. The van der Waals surface area contributed by atoms with Gasteiger partial charge in [-0.05, 0) is 72.6 Å². The summed E-state index contributed by atoms with van der Waals surface area (Å²) in [4.78, 5) is 0. The predicted molar refractivity (Wildman–Crippen MR) is 171 cm³/mol. The molecule has 0 spiro atoms. The highest BCUT2D eigenvalue weighted by Gasteiger charge is 2.51. The van der Waals surface area contributed by atoms with Crippen LogP contribution in [0.2, 0.25) is 0 Å². The van der Waals surface area contributed by atoms with Crippen LogP contribution in [-0.2, 0) is 9.31 Å². The first-order chi connectivity index (χ1) is 19.3. The van der Waals surface area contributed by atoms with Crippen LogP contribution in [0.3, 0.4) is 0 Å². The average molecular weight is 539 g/mol. The number of hydrogen-bond acceptors (Lipinski definition) is 3. The van der Waals surface area contributed by atoms with Gasteiger partial charge in [-0.1, -0.05) is 109 Å². The third-order valence-corrected chi connectivity index (χ3v) is 9.82. The first-order valence-corrected chi connectivity index (χ1v) is 14.7. The quantitative estimate of drug-likeness (QED) is 0.208. The number of fused-ring (bicyclic) bond motifs is 3. The molecule has 196 valence electrons. The van der Waals surface area contributed by atoms with Gasteiger partial charge in [0.15, 0.2) is 0 Å². The van der Waals surface area contributed by atoms with E-state index in [0.29, 0.717) is 0 Å². The summed E-state index contributed by atoms with van der Waals surface area (Å²) in [5.74, 6) is 0. The van der Waals surface area contributed by atoms with E-state index in [4.69, 9.17) is 9.31 Å². The molecule has 6 aromatic rings. The van der Waals surface area contributed by atoms with Crippen molar-refractivity contribution in [1.29, 1.82) is 0 Å². The normalized spacial score (nSPS) is 16.1. The van der Waals surface area contributed by atoms with Crippen LogP contribution in [0.15, 0.2) is 115 Å². The largest absolute Gasteiger partial charge is 0.494 e. The van der Waals surface area contributed by atoms with Gasteiger partial charge in [-0.2, -0.15) is 0 Å². The van der Waals surface area contributed by atoms with E-state index < -0.39 is 0 Å². The van der Waals surface area contributed by atoms with Crippen LogP contribution < -0.4 is 5.46 Å². The van der Waals surface area contributed by atoms with E-state index in [1.54, 1.807) is 0 Å². The molecule has 1 aromatic heterocycles. The van der Waals surface area contributed by atoms with Gasteiger partial charge in [0.2, 0.25) is 0 Å². The summed E-state index contributed by atoms with van der Waals surface area (Å²) in [6.07, 6.45) is 0. The highest BCUT2D eigenvalue weighted by atomic mass is 32.1. The van der Waals surface area contributed by atoms with Crippen molar-refractivity contribution in [3.8, 4) is 33.4 Å². The summed E-state index contributed by atoms with van der Waals surface area (Å²) in [6, 6.07) is 41.5. The first kappa shape index (κ1) is 25.3. The Hall–Kier alpha value is -3.70. The second kappa shape index (κ2) is 9.45. The van der Waals surface area contributed by atoms with Crippen molar-refractivity contribution in [2.45, 2.75) is 38.9 Å². The van der Waals surface area contributed by atoms with Crippen molar-refractivity contribution < 1.29 is 9.31 Å². The van der Waals surface area contributed by atoms with Gasteiger partial charge >= 0.3 is 7.12 Å². The number of benzene rings is 5. The molecule has 0 radical (unpaired) electrons. The van der Waals surface area contributed by atoms with E-state index in [-0.39, 0.29) is 18.3 Å². The predicted octanol–water partition coefficient (Wildman–Crippen LogP) is 9.35. The van der Waals surface area contributed by atoms with Gasteiger partial charge in [-0.25, -0.2) is 0 Å². The van der Waals surface area contributed by atoms with Crippen LogP contribution in [0.5, 0.6) is 0 Å². The SMILES string of the molecule is CC1(C)OB(c2cccc(-c3cccc4c3sc3c(-c5cccc(-c6ccccc6)c5)cccc34)c2)OC1(C)C. The van der Waals surface area contributed by atoms with Crippen LogP contribution in [-0.4, -0.2) is 18.3 Å². The topological polar surface area (TPSA) is 18.5 Å². The Kier molecular flexibility index (Phi) is 5.97. The maximum atomic E-state index is 6.36. The fourth-order valence-corrected chi connectivity index (χ4v) is 6.98. The molecule has 40 heavy (non-hydrogen) atoms. The molecular formula is C36H31BO2S. The second-order valence-electron chi connectivity index (χ2n) is 11.6. The molecule has 1 saturated heterocycles. The van der Waals surface area contributed by atoms with Gasteiger partial charge < -0.3 is 9.31 Å². The molecule has 1 fully saturated rings. The maximum Gasteiger partial charge on any atom is 0.494 e. The standard InChI is InChI=1S/C36H31BO2S/c1-35(2)36(3,4)39-37(38-35)28-17-9-16-27(23-28)30-19-11-21-32-31-20-10-18-29(33(31)40-34(30)32)26-15-8-14-25(22-26)24-12-6-5-7-13-24/h5-23H,1-4H3. The van der Waals surface area contributed by atoms with Crippen molar-refractivity contribution in [2.75, 3.05) is 0 Å². The van der Waals surface area contributed by atoms with E-state index in [1.807, 2.05) is 11.3 Å². The minimum atomic E-state index is -0.380. The zero-order valence-corrected chi connectivity index (χ0v) is 24.1. The van der Waals surface area contributed by atoms with Crippen molar-refractivity contribution in [2.24, 2.45) is 0 Å². The summed E-state index contributed by atoms with van der Waals surface area (Å²) < 4.78 is 15.3. The minimum absolute atomic E-state index is 0.368. The van der Waals surface area contributed by atoms with Crippen molar-refractivity contribution >= 4 is 44.1 Å². The molecule has 5 aromatic carbocycles. The van der Waals surface area contributed by atoms with Crippen LogP contribution in [0, 0.1) is 0 Å². The van der Waals surface area contributed by atoms with Gasteiger partial charge in [-0.15, -0.1) is 11.3 Å². The summed E-state index contributed by atoms with van der Waals surface area (Å²) in [7, 11) is -0.380. The lowest BCUT2D eigenvalue weighted by atomic mass is 9.78. The fraction of sp³-hybridized carbons (Fsp3) is 0.167. The summed E-state index contributed by atoms with van der Waals surface area (Å²) in [5, 5.41) is 2.59. The van der Waals surface area contributed by atoms with Gasteiger partial charge in [0.25, 0.3) is 0 Å². The Balaban J connectivity index is 1.33. The Morgan fingerprint density at radius 3 is 1.62 bits per heavy atom. The highest BCUT2D eigenvalue weighted by molar-refractivity contribution is 7.26. The number of hydrogen-bond donors (Lipinski definition) is 0. The van der Waals surface area contributed by atoms with Gasteiger partial charge in [-0.3, -0.25) is 0 Å². The molecule has 7 rings (SSSR count). The number of rotatable bonds is 4. The van der Waals surface area contributed by atoms with Crippen LogP contribution in [0.4, 0.5) is 0 Å². The summed E-state index contributed by atoms with van der Waals surface area (Å²) in [6.45, 7) is 8.40. The molecule has 0 bridgehead atoms. The Morgan fingerprint density at radius 2 is 1.00 bits per heavy atom. The molecule has 1 aliphatic rings. The van der Waals surface area contributed by atoms with Crippen LogP contribution >= 0.6 is 11.3 Å². The lowest BCUT2D eigenvalue weighted by molar-refractivity contribution is 0.00578. The maximum absolute atomic E-state index is 6.36. The Labute approximate surface area is 240 Å². The van der Waals surface area contributed by atoms with E-state index in [0.717, 1.165) is 5.46 Å². The highest BCUT2D eigenvalue weighted by Crippen LogP contribution is 2.44. The monoisotopic (exact) mass is 538 g/mol. The summed E-state index contributed by atoms with van der Waals surface area (Å²) >= 11 is 1.88. The molecule has 1 aliphatic heterocycles. The molecule has 0 saturated carbocycles. The zero-order valence-electron chi connectivity index (χ0n) is 23.3. The van der Waals surface area contributed by atoms with Crippen LogP contribution in [0.1, 0.15) is 27.7 Å². The van der Waals surface area contributed by atoms with E-state index in [2.05, 4.69) is 143 Å². The molecular weight excluding hydrogens is 507 g/mol. The molecule has 2 heterocycles. The third-order valence-electron chi connectivity index (χ3n) is 8.53. The fourth-order valence-electron chi connectivity index (χ4n) is 5.60. The molecule has 0 unspecified atom stereocenters. The molecule has 4 heteroatoms. The summed E-state index contributed by atoms with van der Waals surface area (Å²) in [5.41, 5.74) is 7.70. The van der Waals surface area contributed by atoms with E-state index in [9.17, 15) is 0 Å². The van der Waals surface area contributed by atoms with Gasteiger partial charge in [0.1, 0.15) is 0 Å². The average Bonchev–Trinajstić information content (AvgIpc) is 3.46.